The van der Waals surface area contributed by atoms with Crippen molar-refractivity contribution in [3.05, 3.63) is 71.4 Å². The molecule has 0 unspecified atom stereocenters. The Morgan fingerprint density at radius 1 is 0.750 bits per heavy atom. The number of likely N-dealkylation sites (tertiary alicyclic amines) is 1. The molecule has 6 rings (SSSR count). The highest BCUT2D eigenvalue weighted by Gasteiger charge is 2.50. The van der Waals surface area contributed by atoms with Crippen LogP contribution in [0.15, 0.2) is 54.6 Å². The molecule has 2 aromatic carbocycles. The first-order chi connectivity index (χ1) is 13.8. The van der Waals surface area contributed by atoms with Crippen molar-refractivity contribution in [2.75, 3.05) is 13.1 Å². The molecule has 1 aromatic heterocycles. The van der Waals surface area contributed by atoms with E-state index in [0.29, 0.717) is 5.41 Å². The number of rotatable bonds is 2. The van der Waals surface area contributed by atoms with Crippen molar-refractivity contribution in [3.8, 4) is 0 Å². The summed E-state index contributed by atoms with van der Waals surface area (Å²) in [4.78, 5) is 6.67. The second-order valence-electron chi connectivity index (χ2n) is 9.40. The molecule has 1 spiro atoms. The fraction of sp³-hybridized carbons (Fsp3) is 0.462. The first-order valence-electron chi connectivity index (χ1n) is 11.2. The van der Waals surface area contributed by atoms with E-state index in [1.54, 1.807) is 16.8 Å². The number of aromatic nitrogens is 1. The highest BCUT2D eigenvalue weighted by atomic mass is 15.2. The zero-order valence-electron chi connectivity index (χ0n) is 16.7. The summed E-state index contributed by atoms with van der Waals surface area (Å²) in [5, 5.41) is 1.47. The van der Waals surface area contributed by atoms with Crippen LogP contribution in [-0.4, -0.2) is 23.0 Å². The van der Waals surface area contributed by atoms with Crippen LogP contribution in [0.3, 0.4) is 0 Å². The molecule has 3 aromatic rings. The van der Waals surface area contributed by atoms with Gasteiger partial charge >= 0.3 is 0 Å². The Bertz CT molecular complexity index is 988. The summed E-state index contributed by atoms with van der Waals surface area (Å²) in [6.45, 7) is 2.55. The summed E-state index contributed by atoms with van der Waals surface area (Å²) < 4.78 is 0. The normalized spacial score (nSPS) is 30.3. The van der Waals surface area contributed by atoms with Crippen LogP contribution in [0.25, 0.3) is 10.9 Å². The molecule has 2 aliphatic carbocycles. The lowest BCUT2D eigenvalue weighted by molar-refractivity contribution is -0.0219. The molecule has 28 heavy (non-hydrogen) atoms. The number of para-hydroxylation sites is 1. The average molecular weight is 371 g/mol. The van der Waals surface area contributed by atoms with E-state index in [4.69, 9.17) is 0 Å². The number of hydrogen-bond donors (Lipinski definition) is 1. The van der Waals surface area contributed by atoms with Crippen LogP contribution < -0.4 is 0 Å². The first-order valence-corrected chi connectivity index (χ1v) is 11.2. The van der Waals surface area contributed by atoms with Gasteiger partial charge in [0.05, 0.1) is 0 Å². The topological polar surface area (TPSA) is 19.0 Å². The fourth-order valence-electron chi connectivity index (χ4n) is 6.56. The van der Waals surface area contributed by atoms with Gasteiger partial charge in [-0.2, -0.15) is 0 Å². The van der Waals surface area contributed by atoms with Gasteiger partial charge in [-0.05, 0) is 68.6 Å². The van der Waals surface area contributed by atoms with Gasteiger partial charge in [0, 0.05) is 40.6 Å². The minimum absolute atomic E-state index is 0.272. The molecular weight excluding hydrogens is 340 g/mol. The molecule has 0 amide bonds. The predicted molar refractivity (Wildman–Crippen MR) is 116 cm³/mol. The third-order valence-corrected chi connectivity index (χ3v) is 8.23. The van der Waals surface area contributed by atoms with Gasteiger partial charge in [-0.3, -0.25) is 4.90 Å². The molecule has 0 atom stereocenters. The molecule has 2 nitrogen and oxygen atoms in total. The van der Waals surface area contributed by atoms with Crippen LogP contribution in [0.4, 0.5) is 0 Å². The van der Waals surface area contributed by atoms with Crippen molar-refractivity contribution < 1.29 is 0 Å². The number of fused-ring (bicyclic) bond motifs is 4. The zero-order chi connectivity index (χ0) is 18.6. The Balaban J connectivity index is 1.39. The third kappa shape index (κ3) is 2.30. The molecule has 1 saturated carbocycles. The maximum absolute atomic E-state index is 3.89. The number of aromatic amines is 1. The molecule has 144 valence electrons. The standard InChI is InChI=1S/C26H30N2/c1-2-8-20(9-3-1)26(28-18-7-19-28)16-14-25(15-17-26)13-6-11-22-21-10-4-5-12-23(21)27-24(22)25/h1-5,8-10,12,27H,6-7,11,13-19H2. The second-order valence-corrected chi connectivity index (χ2v) is 9.40. The number of nitrogens with one attached hydrogen (secondary N) is 1. The van der Waals surface area contributed by atoms with Crippen molar-refractivity contribution in [3.63, 3.8) is 0 Å². The fourth-order valence-corrected chi connectivity index (χ4v) is 6.56. The van der Waals surface area contributed by atoms with Gasteiger partial charge in [0.2, 0.25) is 0 Å². The number of H-pyrrole nitrogens is 1. The lowest BCUT2D eigenvalue weighted by Gasteiger charge is -2.55. The number of benzene rings is 2. The Morgan fingerprint density at radius 2 is 1.50 bits per heavy atom. The summed E-state index contributed by atoms with van der Waals surface area (Å²) in [6, 6.07) is 20.3. The van der Waals surface area contributed by atoms with Crippen molar-refractivity contribution >= 4 is 10.9 Å². The van der Waals surface area contributed by atoms with E-state index in [0.717, 1.165) is 0 Å². The average Bonchev–Trinajstić information content (AvgIpc) is 3.10. The van der Waals surface area contributed by atoms with Crippen LogP contribution in [-0.2, 0) is 17.4 Å². The van der Waals surface area contributed by atoms with Crippen LogP contribution in [0, 0.1) is 0 Å². The Morgan fingerprint density at radius 3 is 2.25 bits per heavy atom. The van der Waals surface area contributed by atoms with E-state index in [9.17, 15) is 0 Å². The lowest BCUT2D eigenvalue weighted by Crippen LogP contribution is -2.56. The lowest BCUT2D eigenvalue weighted by atomic mass is 9.59. The smallest absolute Gasteiger partial charge is 0.0461 e. The van der Waals surface area contributed by atoms with E-state index in [1.165, 1.54) is 75.4 Å². The minimum Gasteiger partial charge on any atom is -0.358 e. The van der Waals surface area contributed by atoms with E-state index in [2.05, 4.69) is 64.5 Å². The van der Waals surface area contributed by atoms with E-state index in [-0.39, 0.29) is 5.54 Å². The molecule has 2 heterocycles. The van der Waals surface area contributed by atoms with Gasteiger partial charge in [-0.25, -0.2) is 0 Å². The highest BCUT2D eigenvalue weighted by molar-refractivity contribution is 5.85. The van der Waals surface area contributed by atoms with Crippen molar-refractivity contribution in [2.45, 2.75) is 62.3 Å². The van der Waals surface area contributed by atoms with Crippen LogP contribution >= 0.6 is 0 Å². The molecule has 1 saturated heterocycles. The van der Waals surface area contributed by atoms with Gasteiger partial charge < -0.3 is 4.98 Å². The summed E-state index contributed by atoms with van der Waals surface area (Å²) in [5.41, 5.74) is 6.75. The maximum Gasteiger partial charge on any atom is 0.0461 e. The largest absolute Gasteiger partial charge is 0.358 e. The van der Waals surface area contributed by atoms with Gasteiger partial charge in [0.25, 0.3) is 0 Å². The molecule has 1 aliphatic heterocycles. The number of aryl methyl sites for hydroxylation is 1. The molecule has 3 aliphatic rings. The molecule has 1 N–H and O–H groups in total. The first kappa shape index (κ1) is 16.9. The summed E-state index contributed by atoms with van der Waals surface area (Å²) in [5.74, 6) is 0. The molecule has 0 radical (unpaired) electrons. The summed E-state index contributed by atoms with van der Waals surface area (Å²) in [6.07, 6.45) is 10.5. The second kappa shape index (κ2) is 6.22. The van der Waals surface area contributed by atoms with Crippen molar-refractivity contribution in [1.29, 1.82) is 0 Å². The van der Waals surface area contributed by atoms with Gasteiger partial charge in [0.1, 0.15) is 0 Å². The Labute approximate surface area is 168 Å². The minimum atomic E-state index is 0.272. The summed E-state index contributed by atoms with van der Waals surface area (Å²) >= 11 is 0. The van der Waals surface area contributed by atoms with Gasteiger partial charge in [-0.1, -0.05) is 48.5 Å². The zero-order valence-corrected chi connectivity index (χ0v) is 16.7. The molecule has 2 heteroatoms. The van der Waals surface area contributed by atoms with E-state index in [1.807, 2.05) is 0 Å². The predicted octanol–water partition coefficient (Wildman–Crippen LogP) is 5.92. The highest BCUT2D eigenvalue weighted by Crippen LogP contribution is 2.55. The maximum atomic E-state index is 3.89. The van der Waals surface area contributed by atoms with Gasteiger partial charge in [-0.15, -0.1) is 0 Å². The van der Waals surface area contributed by atoms with E-state index >= 15 is 0 Å². The van der Waals surface area contributed by atoms with Crippen molar-refractivity contribution in [1.82, 2.24) is 9.88 Å². The monoisotopic (exact) mass is 370 g/mol. The Kier molecular flexibility index (Phi) is 3.74. The van der Waals surface area contributed by atoms with Crippen LogP contribution in [0.5, 0.6) is 0 Å². The third-order valence-electron chi connectivity index (χ3n) is 8.23. The molecule has 2 fully saturated rings. The summed E-state index contributed by atoms with van der Waals surface area (Å²) in [7, 11) is 0. The van der Waals surface area contributed by atoms with E-state index < -0.39 is 0 Å². The van der Waals surface area contributed by atoms with Crippen LogP contribution in [0.2, 0.25) is 0 Å². The number of nitrogens with zero attached hydrogens (tertiary/aromatic N) is 1. The van der Waals surface area contributed by atoms with Crippen molar-refractivity contribution in [2.24, 2.45) is 0 Å². The SMILES string of the molecule is c1ccc(C2(N3CCC3)CCC3(CCCc4c3[nH]c3ccccc43)CC2)cc1. The molecular formula is C26H30N2. The van der Waals surface area contributed by atoms with Gasteiger partial charge in [0.15, 0.2) is 0 Å². The Hall–Kier alpha value is -2.06. The number of hydrogen-bond acceptors (Lipinski definition) is 1. The van der Waals surface area contributed by atoms with Crippen LogP contribution in [0.1, 0.15) is 61.8 Å². The quantitative estimate of drug-likeness (QED) is 0.593. The molecule has 0 bridgehead atoms.